The summed E-state index contributed by atoms with van der Waals surface area (Å²) in [6.07, 6.45) is 3.64. The van der Waals surface area contributed by atoms with Crippen molar-refractivity contribution in [2.75, 3.05) is 13.7 Å². The predicted molar refractivity (Wildman–Crippen MR) is 82.6 cm³/mol. The summed E-state index contributed by atoms with van der Waals surface area (Å²) in [5.41, 5.74) is 2.23. The molecule has 0 saturated heterocycles. The third kappa shape index (κ3) is 3.98. The van der Waals surface area contributed by atoms with Gasteiger partial charge in [-0.05, 0) is 31.2 Å². The summed E-state index contributed by atoms with van der Waals surface area (Å²) in [6.45, 7) is 7.32. The zero-order valence-corrected chi connectivity index (χ0v) is 12.9. The van der Waals surface area contributed by atoms with E-state index < -0.39 is 0 Å². The van der Waals surface area contributed by atoms with Crippen molar-refractivity contribution >= 4 is 0 Å². The highest BCUT2D eigenvalue weighted by molar-refractivity contribution is 5.43. The van der Waals surface area contributed by atoms with Crippen LogP contribution in [0.2, 0.25) is 0 Å². The van der Waals surface area contributed by atoms with E-state index >= 15 is 0 Å². The van der Waals surface area contributed by atoms with Gasteiger partial charge in [-0.3, -0.25) is 0 Å². The van der Waals surface area contributed by atoms with Crippen molar-refractivity contribution in [3.63, 3.8) is 0 Å². The number of aromatic nitrogens is 2. The normalized spacial score (nSPS) is 10.6. The van der Waals surface area contributed by atoms with Gasteiger partial charge >= 0.3 is 0 Å². The molecule has 0 fully saturated rings. The van der Waals surface area contributed by atoms with Gasteiger partial charge in [-0.1, -0.05) is 13.0 Å². The quantitative estimate of drug-likeness (QED) is 0.811. The minimum atomic E-state index is 0.483. The monoisotopic (exact) mass is 289 g/mol. The van der Waals surface area contributed by atoms with E-state index in [1.807, 2.05) is 24.7 Å². The van der Waals surface area contributed by atoms with Crippen molar-refractivity contribution < 1.29 is 9.47 Å². The van der Waals surface area contributed by atoms with E-state index in [1.54, 1.807) is 7.11 Å². The van der Waals surface area contributed by atoms with Gasteiger partial charge in [0.05, 0.1) is 25.3 Å². The van der Waals surface area contributed by atoms with Crippen LogP contribution >= 0.6 is 0 Å². The summed E-state index contributed by atoms with van der Waals surface area (Å²) in [5, 5.41) is 3.30. The average molecular weight is 289 g/mol. The van der Waals surface area contributed by atoms with Crippen LogP contribution in [-0.2, 0) is 19.7 Å². The first-order chi connectivity index (χ1) is 10.3. The van der Waals surface area contributed by atoms with Gasteiger partial charge < -0.3 is 19.4 Å². The van der Waals surface area contributed by atoms with Crippen molar-refractivity contribution in [1.29, 1.82) is 0 Å². The van der Waals surface area contributed by atoms with E-state index in [-0.39, 0.29) is 0 Å². The maximum Gasteiger partial charge on any atom is 0.161 e. The molecule has 0 spiro atoms. The molecule has 1 aromatic carbocycles. The molecule has 0 atom stereocenters. The second-order valence-electron chi connectivity index (χ2n) is 4.73. The van der Waals surface area contributed by atoms with E-state index in [0.29, 0.717) is 6.61 Å². The van der Waals surface area contributed by atoms with Crippen LogP contribution in [0.25, 0.3) is 0 Å². The molecule has 0 radical (unpaired) electrons. The number of methoxy groups -OCH3 is 1. The smallest absolute Gasteiger partial charge is 0.161 e. The highest BCUT2D eigenvalue weighted by atomic mass is 16.5. The number of nitrogens with zero attached hydrogens (tertiary/aromatic N) is 2. The summed E-state index contributed by atoms with van der Waals surface area (Å²) >= 11 is 0. The van der Waals surface area contributed by atoms with Crippen LogP contribution in [0.3, 0.4) is 0 Å². The largest absolute Gasteiger partial charge is 0.493 e. The molecule has 0 aliphatic heterocycles. The molecular formula is C16H23N3O2. The Balaban J connectivity index is 2.05. The molecule has 0 aliphatic rings. The molecule has 2 rings (SSSR count). The fraction of sp³-hybridized carbons (Fsp3) is 0.438. The molecule has 21 heavy (non-hydrogen) atoms. The van der Waals surface area contributed by atoms with Crippen LogP contribution in [0.1, 0.15) is 25.1 Å². The predicted octanol–water partition coefficient (Wildman–Crippen LogP) is 2.60. The van der Waals surface area contributed by atoms with Crippen LogP contribution in [0.4, 0.5) is 0 Å². The number of rotatable bonds is 8. The van der Waals surface area contributed by atoms with Crippen molar-refractivity contribution in [1.82, 2.24) is 14.9 Å². The first kappa shape index (κ1) is 15.4. The molecule has 5 nitrogen and oxygen atoms in total. The Kier molecular flexibility index (Phi) is 5.63. The van der Waals surface area contributed by atoms with Gasteiger partial charge in [-0.15, -0.1) is 0 Å². The zero-order chi connectivity index (χ0) is 15.1. The number of imidazole rings is 1. The SMILES string of the molecule is CCNCc1ccc(OCc2cncn2CC)c(OC)c1. The minimum Gasteiger partial charge on any atom is -0.493 e. The molecule has 0 amide bonds. The van der Waals surface area contributed by atoms with Crippen LogP contribution in [0, 0.1) is 0 Å². The molecule has 114 valence electrons. The Morgan fingerprint density at radius 1 is 1.24 bits per heavy atom. The lowest BCUT2D eigenvalue weighted by Gasteiger charge is -2.13. The lowest BCUT2D eigenvalue weighted by molar-refractivity contribution is 0.276. The summed E-state index contributed by atoms with van der Waals surface area (Å²) < 4.78 is 13.3. The van der Waals surface area contributed by atoms with Crippen LogP contribution in [0.15, 0.2) is 30.7 Å². The number of nitrogens with one attached hydrogen (secondary N) is 1. The number of benzene rings is 1. The summed E-state index contributed by atoms with van der Waals surface area (Å²) in [5.74, 6) is 1.51. The van der Waals surface area contributed by atoms with Gasteiger partial charge in [-0.2, -0.15) is 0 Å². The van der Waals surface area contributed by atoms with E-state index in [4.69, 9.17) is 9.47 Å². The van der Waals surface area contributed by atoms with Gasteiger partial charge in [0.25, 0.3) is 0 Å². The fourth-order valence-electron chi connectivity index (χ4n) is 2.12. The molecule has 0 unspecified atom stereocenters. The highest BCUT2D eigenvalue weighted by Crippen LogP contribution is 2.28. The molecule has 0 bridgehead atoms. The van der Waals surface area contributed by atoms with Gasteiger partial charge in [0, 0.05) is 13.1 Å². The van der Waals surface area contributed by atoms with Crippen molar-refractivity contribution in [2.24, 2.45) is 0 Å². The van der Waals surface area contributed by atoms with Crippen molar-refractivity contribution in [2.45, 2.75) is 33.5 Å². The highest BCUT2D eigenvalue weighted by Gasteiger charge is 2.08. The van der Waals surface area contributed by atoms with Crippen LogP contribution < -0.4 is 14.8 Å². The molecule has 2 aromatic rings. The molecule has 1 aromatic heterocycles. The Morgan fingerprint density at radius 3 is 2.81 bits per heavy atom. The number of aryl methyl sites for hydroxylation is 1. The lowest BCUT2D eigenvalue weighted by Crippen LogP contribution is -2.11. The van der Waals surface area contributed by atoms with E-state index in [2.05, 4.69) is 34.8 Å². The van der Waals surface area contributed by atoms with Crippen LogP contribution in [-0.4, -0.2) is 23.2 Å². The number of ether oxygens (including phenoxy) is 2. The maximum atomic E-state index is 5.87. The van der Waals surface area contributed by atoms with Gasteiger partial charge in [0.1, 0.15) is 6.61 Å². The first-order valence-corrected chi connectivity index (χ1v) is 7.27. The summed E-state index contributed by atoms with van der Waals surface area (Å²) in [4.78, 5) is 4.14. The minimum absolute atomic E-state index is 0.483. The van der Waals surface area contributed by atoms with Crippen LogP contribution in [0.5, 0.6) is 11.5 Å². The third-order valence-electron chi connectivity index (χ3n) is 3.32. The van der Waals surface area contributed by atoms with Crippen molar-refractivity contribution in [3.8, 4) is 11.5 Å². The standard InChI is InChI=1S/C16H23N3O2/c1-4-17-9-13-6-7-15(16(8-13)20-3)21-11-14-10-18-12-19(14)5-2/h6-8,10,12,17H,4-5,9,11H2,1-3H3. The maximum absolute atomic E-state index is 5.87. The van der Waals surface area contributed by atoms with Crippen molar-refractivity contribution in [3.05, 3.63) is 42.0 Å². The first-order valence-electron chi connectivity index (χ1n) is 7.27. The Morgan fingerprint density at radius 2 is 2.10 bits per heavy atom. The molecule has 5 heteroatoms. The molecule has 1 heterocycles. The molecular weight excluding hydrogens is 266 g/mol. The van der Waals surface area contributed by atoms with E-state index in [9.17, 15) is 0 Å². The molecule has 0 saturated carbocycles. The fourth-order valence-corrected chi connectivity index (χ4v) is 2.12. The second-order valence-corrected chi connectivity index (χ2v) is 4.73. The van der Waals surface area contributed by atoms with Gasteiger partial charge in [0.15, 0.2) is 11.5 Å². The number of hydrogen-bond acceptors (Lipinski definition) is 4. The second kappa shape index (κ2) is 7.69. The lowest BCUT2D eigenvalue weighted by atomic mass is 10.2. The molecule has 0 aliphatic carbocycles. The Bertz CT molecular complexity index is 566. The van der Waals surface area contributed by atoms with E-state index in [0.717, 1.165) is 36.8 Å². The van der Waals surface area contributed by atoms with Gasteiger partial charge in [0.2, 0.25) is 0 Å². The van der Waals surface area contributed by atoms with E-state index in [1.165, 1.54) is 5.56 Å². The molecule has 1 N–H and O–H groups in total. The number of hydrogen-bond donors (Lipinski definition) is 1. The summed E-state index contributed by atoms with van der Waals surface area (Å²) in [7, 11) is 1.66. The Labute approximate surface area is 125 Å². The average Bonchev–Trinajstić information content (AvgIpc) is 2.98. The Hall–Kier alpha value is -2.01. The van der Waals surface area contributed by atoms with Gasteiger partial charge in [-0.25, -0.2) is 4.98 Å². The zero-order valence-electron chi connectivity index (χ0n) is 12.9. The topological polar surface area (TPSA) is 48.3 Å². The summed E-state index contributed by atoms with van der Waals surface area (Å²) in [6, 6.07) is 6.02. The third-order valence-corrected chi connectivity index (χ3v) is 3.32.